The number of nitrogens with zero attached hydrogens (tertiary/aromatic N) is 3. The Hall–Kier alpha value is -1.42. The molecule has 0 saturated heterocycles. The molecule has 0 amide bonds. The molecule has 0 aromatic carbocycles. The predicted octanol–water partition coefficient (Wildman–Crippen LogP) is 2.18. The van der Waals surface area contributed by atoms with Gasteiger partial charge in [-0.2, -0.15) is 0 Å². The SMILES string of the molecule is CCC(C)NC(C)c1nnc2ccccn12. The van der Waals surface area contributed by atoms with Crippen molar-refractivity contribution in [1.29, 1.82) is 0 Å². The molecule has 2 heterocycles. The Bertz CT molecular complexity index is 463. The smallest absolute Gasteiger partial charge is 0.160 e. The first-order valence-electron chi connectivity index (χ1n) is 5.78. The summed E-state index contributed by atoms with van der Waals surface area (Å²) < 4.78 is 2.03. The van der Waals surface area contributed by atoms with Gasteiger partial charge >= 0.3 is 0 Å². The maximum Gasteiger partial charge on any atom is 0.160 e. The highest BCUT2D eigenvalue weighted by Gasteiger charge is 2.14. The number of rotatable bonds is 4. The number of pyridine rings is 1. The van der Waals surface area contributed by atoms with Crippen LogP contribution < -0.4 is 5.32 Å². The molecule has 1 N–H and O–H groups in total. The number of hydrogen-bond acceptors (Lipinski definition) is 3. The van der Waals surface area contributed by atoms with Crippen molar-refractivity contribution in [3.63, 3.8) is 0 Å². The second kappa shape index (κ2) is 4.61. The van der Waals surface area contributed by atoms with Crippen molar-refractivity contribution in [2.45, 2.75) is 39.3 Å². The van der Waals surface area contributed by atoms with E-state index in [9.17, 15) is 0 Å². The molecule has 4 heteroatoms. The third kappa shape index (κ3) is 2.07. The van der Waals surface area contributed by atoms with E-state index in [2.05, 4.69) is 36.3 Å². The molecule has 4 nitrogen and oxygen atoms in total. The molecule has 16 heavy (non-hydrogen) atoms. The van der Waals surface area contributed by atoms with E-state index in [0.29, 0.717) is 6.04 Å². The van der Waals surface area contributed by atoms with Crippen LogP contribution in [-0.4, -0.2) is 20.6 Å². The van der Waals surface area contributed by atoms with Gasteiger partial charge in [0.15, 0.2) is 11.5 Å². The van der Waals surface area contributed by atoms with E-state index in [4.69, 9.17) is 0 Å². The van der Waals surface area contributed by atoms with Crippen molar-refractivity contribution < 1.29 is 0 Å². The Morgan fingerprint density at radius 3 is 2.88 bits per heavy atom. The Morgan fingerprint density at radius 1 is 1.31 bits per heavy atom. The Labute approximate surface area is 95.7 Å². The fourth-order valence-electron chi connectivity index (χ4n) is 1.77. The fourth-order valence-corrected chi connectivity index (χ4v) is 1.77. The molecule has 0 spiro atoms. The van der Waals surface area contributed by atoms with Gasteiger partial charge in [-0.1, -0.05) is 13.0 Å². The highest BCUT2D eigenvalue weighted by atomic mass is 15.3. The van der Waals surface area contributed by atoms with E-state index in [0.717, 1.165) is 17.9 Å². The van der Waals surface area contributed by atoms with Gasteiger partial charge in [0.05, 0.1) is 6.04 Å². The summed E-state index contributed by atoms with van der Waals surface area (Å²) in [7, 11) is 0. The van der Waals surface area contributed by atoms with Crippen LogP contribution in [0.4, 0.5) is 0 Å². The Kier molecular flexibility index (Phi) is 3.19. The normalized spacial score (nSPS) is 15.2. The summed E-state index contributed by atoms with van der Waals surface area (Å²) in [5.41, 5.74) is 0.898. The third-order valence-corrected chi connectivity index (χ3v) is 2.87. The quantitative estimate of drug-likeness (QED) is 0.855. The molecule has 0 saturated carbocycles. The minimum Gasteiger partial charge on any atom is -0.305 e. The van der Waals surface area contributed by atoms with Crippen LogP contribution in [0.15, 0.2) is 24.4 Å². The molecule has 0 aliphatic carbocycles. The molecule has 2 aromatic heterocycles. The summed E-state index contributed by atoms with van der Waals surface area (Å²) in [6.07, 6.45) is 3.11. The van der Waals surface area contributed by atoms with Crippen molar-refractivity contribution >= 4 is 5.65 Å². The van der Waals surface area contributed by atoms with E-state index >= 15 is 0 Å². The lowest BCUT2D eigenvalue weighted by molar-refractivity contribution is 0.452. The first-order chi connectivity index (χ1) is 7.72. The van der Waals surface area contributed by atoms with Crippen molar-refractivity contribution in [2.75, 3.05) is 0 Å². The summed E-state index contributed by atoms with van der Waals surface area (Å²) in [6.45, 7) is 6.47. The van der Waals surface area contributed by atoms with Crippen molar-refractivity contribution in [3.8, 4) is 0 Å². The van der Waals surface area contributed by atoms with E-state index < -0.39 is 0 Å². The second-order valence-corrected chi connectivity index (χ2v) is 4.18. The first kappa shape index (κ1) is 11.1. The zero-order valence-electron chi connectivity index (χ0n) is 10.0. The average Bonchev–Trinajstić information content (AvgIpc) is 2.72. The van der Waals surface area contributed by atoms with Crippen molar-refractivity contribution in [2.24, 2.45) is 0 Å². The molecule has 2 rings (SSSR count). The largest absolute Gasteiger partial charge is 0.305 e. The first-order valence-corrected chi connectivity index (χ1v) is 5.78. The number of fused-ring (bicyclic) bond motifs is 1. The van der Waals surface area contributed by atoms with Gasteiger partial charge < -0.3 is 5.32 Å². The Morgan fingerprint density at radius 2 is 2.12 bits per heavy atom. The van der Waals surface area contributed by atoms with Crippen LogP contribution in [0.3, 0.4) is 0 Å². The highest BCUT2D eigenvalue weighted by Crippen LogP contribution is 2.12. The van der Waals surface area contributed by atoms with Crippen LogP contribution in [0.5, 0.6) is 0 Å². The van der Waals surface area contributed by atoms with Crippen LogP contribution in [0.25, 0.3) is 5.65 Å². The van der Waals surface area contributed by atoms with Gasteiger partial charge in [0.1, 0.15) is 0 Å². The number of nitrogens with one attached hydrogen (secondary N) is 1. The summed E-state index contributed by atoms with van der Waals surface area (Å²) in [5.74, 6) is 0.968. The zero-order chi connectivity index (χ0) is 11.5. The van der Waals surface area contributed by atoms with E-state index in [1.54, 1.807) is 0 Å². The zero-order valence-corrected chi connectivity index (χ0v) is 10.0. The number of hydrogen-bond donors (Lipinski definition) is 1. The van der Waals surface area contributed by atoms with Gasteiger partial charge in [0.2, 0.25) is 0 Å². The predicted molar refractivity (Wildman–Crippen MR) is 64.3 cm³/mol. The van der Waals surface area contributed by atoms with Crippen LogP contribution in [0, 0.1) is 0 Å². The van der Waals surface area contributed by atoms with Gasteiger partial charge in [-0.15, -0.1) is 10.2 Å². The number of aromatic nitrogens is 3. The van der Waals surface area contributed by atoms with Gasteiger partial charge in [0.25, 0.3) is 0 Å². The summed E-state index contributed by atoms with van der Waals surface area (Å²) in [4.78, 5) is 0. The summed E-state index contributed by atoms with van der Waals surface area (Å²) in [5, 5.41) is 11.9. The summed E-state index contributed by atoms with van der Waals surface area (Å²) >= 11 is 0. The van der Waals surface area contributed by atoms with Gasteiger partial charge in [-0.05, 0) is 32.4 Å². The lowest BCUT2D eigenvalue weighted by Gasteiger charge is -2.17. The molecule has 0 fully saturated rings. The fraction of sp³-hybridized carbons (Fsp3) is 0.500. The van der Waals surface area contributed by atoms with Crippen LogP contribution >= 0.6 is 0 Å². The molecule has 0 bridgehead atoms. The van der Waals surface area contributed by atoms with Crippen molar-refractivity contribution in [1.82, 2.24) is 19.9 Å². The lowest BCUT2D eigenvalue weighted by atomic mass is 10.2. The Balaban J connectivity index is 2.26. The minimum absolute atomic E-state index is 0.215. The van der Waals surface area contributed by atoms with E-state index in [-0.39, 0.29) is 6.04 Å². The minimum atomic E-state index is 0.215. The van der Waals surface area contributed by atoms with Gasteiger partial charge in [0, 0.05) is 12.2 Å². The van der Waals surface area contributed by atoms with Crippen molar-refractivity contribution in [3.05, 3.63) is 30.2 Å². The maximum absolute atomic E-state index is 4.23. The topological polar surface area (TPSA) is 42.2 Å². The average molecular weight is 218 g/mol. The summed E-state index contributed by atoms with van der Waals surface area (Å²) in [6, 6.07) is 6.64. The highest BCUT2D eigenvalue weighted by molar-refractivity contribution is 5.37. The molecule has 2 aromatic rings. The van der Waals surface area contributed by atoms with Crippen LogP contribution in [-0.2, 0) is 0 Å². The van der Waals surface area contributed by atoms with Crippen LogP contribution in [0.1, 0.15) is 39.1 Å². The van der Waals surface area contributed by atoms with Gasteiger partial charge in [-0.25, -0.2) is 0 Å². The monoisotopic (exact) mass is 218 g/mol. The van der Waals surface area contributed by atoms with Crippen LogP contribution in [0.2, 0.25) is 0 Å². The molecule has 2 atom stereocenters. The molecule has 2 unspecified atom stereocenters. The lowest BCUT2D eigenvalue weighted by Crippen LogP contribution is -2.29. The third-order valence-electron chi connectivity index (χ3n) is 2.87. The van der Waals surface area contributed by atoms with Gasteiger partial charge in [-0.3, -0.25) is 4.40 Å². The molecule has 86 valence electrons. The van der Waals surface area contributed by atoms with E-state index in [1.807, 2.05) is 28.8 Å². The molecular formula is C12H18N4. The van der Waals surface area contributed by atoms with E-state index in [1.165, 1.54) is 0 Å². The second-order valence-electron chi connectivity index (χ2n) is 4.18. The standard InChI is InChI=1S/C12H18N4/c1-4-9(2)13-10(3)12-15-14-11-7-5-6-8-16(11)12/h5-10,13H,4H2,1-3H3. The molecular weight excluding hydrogens is 200 g/mol. The maximum atomic E-state index is 4.23. The molecule has 0 radical (unpaired) electrons. The molecule has 0 aliphatic rings. The molecule has 0 aliphatic heterocycles.